The zero-order valence-corrected chi connectivity index (χ0v) is 11.8. The molecule has 1 saturated carbocycles. The Morgan fingerprint density at radius 1 is 1.28 bits per heavy atom. The highest BCUT2D eigenvalue weighted by atomic mass is 16.5. The first-order valence-electron chi connectivity index (χ1n) is 7.21. The van der Waals surface area contributed by atoms with Crippen LogP contribution in [0.25, 0.3) is 0 Å². The van der Waals surface area contributed by atoms with Gasteiger partial charge in [-0.1, -0.05) is 25.7 Å². The molecule has 18 heavy (non-hydrogen) atoms. The van der Waals surface area contributed by atoms with Gasteiger partial charge in [0.25, 0.3) is 0 Å². The van der Waals surface area contributed by atoms with Crippen LogP contribution in [-0.4, -0.2) is 31.7 Å². The topological polar surface area (TPSA) is 64.3 Å². The quantitative estimate of drug-likeness (QED) is 0.563. The van der Waals surface area contributed by atoms with Crippen molar-refractivity contribution in [2.45, 2.75) is 58.5 Å². The summed E-state index contributed by atoms with van der Waals surface area (Å²) in [6, 6.07) is 0. The molecule has 106 valence electrons. The first-order valence-corrected chi connectivity index (χ1v) is 7.21. The average Bonchev–Trinajstić information content (AvgIpc) is 2.60. The number of ether oxygens (including phenoxy) is 1. The number of hydrogen-bond acceptors (Lipinski definition) is 3. The van der Waals surface area contributed by atoms with Crippen LogP contribution in [0.3, 0.4) is 0 Å². The smallest absolute Gasteiger partial charge is 0.227 e. The molecule has 0 atom stereocenters. The maximum atomic E-state index is 12.3. The molecule has 0 bridgehead atoms. The van der Waals surface area contributed by atoms with E-state index in [0.717, 1.165) is 25.7 Å². The standard InChI is InChI=1S/C14H28N2O2/c1-12(2)18-10-9-16-13(17)14(11-15)7-5-3-4-6-8-14/h12H,3-11,15H2,1-2H3,(H,16,17). The number of carbonyl (C=O) groups is 1. The fourth-order valence-corrected chi connectivity index (χ4v) is 2.58. The molecule has 0 aromatic heterocycles. The van der Waals surface area contributed by atoms with Crippen LogP contribution in [0.1, 0.15) is 52.4 Å². The Hall–Kier alpha value is -0.610. The largest absolute Gasteiger partial charge is 0.377 e. The molecule has 0 saturated heterocycles. The van der Waals surface area contributed by atoms with E-state index in [1.54, 1.807) is 0 Å². The van der Waals surface area contributed by atoms with Crippen LogP contribution >= 0.6 is 0 Å². The summed E-state index contributed by atoms with van der Waals surface area (Å²) in [7, 11) is 0. The SMILES string of the molecule is CC(C)OCCNC(=O)C1(CN)CCCCCC1. The Kier molecular flexibility index (Phi) is 6.65. The Morgan fingerprint density at radius 2 is 1.89 bits per heavy atom. The van der Waals surface area contributed by atoms with Crippen LogP contribution in [0.15, 0.2) is 0 Å². The van der Waals surface area contributed by atoms with Crippen molar-refractivity contribution in [3.8, 4) is 0 Å². The Labute approximate surface area is 111 Å². The number of nitrogens with two attached hydrogens (primary N) is 1. The molecule has 3 N–H and O–H groups in total. The third-order valence-corrected chi connectivity index (χ3v) is 3.77. The molecule has 0 aromatic carbocycles. The number of hydrogen-bond donors (Lipinski definition) is 2. The highest BCUT2D eigenvalue weighted by Gasteiger charge is 2.36. The van der Waals surface area contributed by atoms with Crippen molar-refractivity contribution in [2.75, 3.05) is 19.7 Å². The van der Waals surface area contributed by atoms with Crippen LogP contribution in [0.2, 0.25) is 0 Å². The Bertz CT molecular complexity index is 246. The second kappa shape index (κ2) is 7.74. The molecule has 0 heterocycles. The summed E-state index contributed by atoms with van der Waals surface area (Å²) in [5, 5.41) is 2.98. The highest BCUT2D eigenvalue weighted by Crippen LogP contribution is 2.34. The van der Waals surface area contributed by atoms with E-state index in [0.29, 0.717) is 19.7 Å². The molecule has 1 amide bonds. The van der Waals surface area contributed by atoms with E-state index in [9.17, 15) is 4.79 Å². The lowest BCUT2D eigenvalue weighted by molar-refractivity contribution is -0.131. The normalized spacial score (nSPS) is 19.6. The number of rotatable bonds is 6. The van der Waals surface area contributed by atoms with Crippen molar-refractivity contribution in [3.05, 3.63) is 0 Å². The molecule has 0 radical (unpaired) electrons. The molecule has 1 aliphatic rings. The maximum absolute atomic E-state index is 12.3. The lowest BCUT2D eigenvalue weighted by Gasteiger charge is -2.29. The fraction of sp³-hybridized carbons (Fsp3) is 0.929. The minimum absolute atomic E-state index is 0.124. The van der Waals surface area contributed by atoms with E-state index >= 15 is 0 Å². The van der Waals surface area contributed by atoms with Gasteiger partial charge in [0.2, 0.25) is 5.91 Å². The van der Waals surface area contributed by atoms with Crippen LogP contribution in [0, 0.1) is 5.41 Å². The van der Waals surface area contributed by atoms with E-state index in [4.69, 9.17) is 10.5 Å². The molecular formula is C14H28N2O2. The lowest BCUT2D eigenvalue weighted by atomic mass is 9.79. The van der Waals surface area contributed by atoms with E-state index < -0.39 is 0 Å². The first-order chi connectivity index (χ1) is 8.60. The van der Waals surface area contributed by atoms with E-state index in [-0.39, 0.29) is 17.4 Å². The predicted molar refractivity (Wildman–Crippen MR) is 73.3 cm³/mol. The van der Waals surface area contributed by atoms with Gasteiger partial charge >= 0.3 is 0 Å². The molecular weight excluding hydrogens is 228 g/mol. The van der Waals surface area contributed by atoms with Gasteiger partial charge in [-0.2, -0.15) is 0 Å². The number of carbonyl (C=O) groups excluding carboxylic acids is 1. The minimum atomic E-state index is -0.325. The molecule has 4 heteroatoms. The molecule has 0 aromatic rings. The van der Waals surface area contributed by atoms with E-state index in [1.165, 1.54) is 12.8 Å². The summed E-state index contributed by atoms with van der Waals surface area (Å²) in [6.45, 7) is 5.61. The maximum Gasteiger partial charge on any atom is 0.227 e. The van der Waals surface area contributed by atoms with Crippen molar-refractivity contribution in [2.24, 2.45) is 11.1 Å². The predicted octanol–water partition coefficient (Wildman–Crippen LogP) is 1.83. The van der Waals surface area contributed by atoms with Crippen molar-refractivity contribution < 1.29 is 9.53 Å². The van der Waals surface area contributed by atoms with Gasteiger partial charge < -0.3 is 15.8 Å². The molecule has 1 fully saturated rings. The molecule has 1 aliphatic carbocycles. The average molecular weight is 256 g/mol. The number of amides is 1. The molecule has 0 aliphatic heterocycles. The zero-order chi connectivity index (χ0) is 13.4. The van der Waals surface area contributed by atoms with Gasteiger partial charge in [-0.3, -0.25) is 4.79 Å². The van der Waals surface area contributed by atoms with Gasteiger partial charge in [0.15, 0.2) is 0 Å². The zero-order valence-electron chi connectivity index (χ0n) is 11.8. The van der Waals surface area contributed by atoms with Crippen molar-refractivity contribution >= 4 is 5.91 Å². The van der Waals surface area contributed by atoms with Gasteiger partial charge in [0.1, 0.15) is 0 Å². The van der Waals surface area contributed by atoms with Gasteiger partial charge in [0.05, 0.1) is 18.1 Å². The first kappa shape index (κ1) is 15.4. The van der Waals surface area contributed by atoms with Crippen LogP contribution < -0.4 is 11.1 Å². The lowest BCUT2D eigenvalue weighted by Crippen LogP contribution is -2.46. The monoisotopic (exact) mass is 256 g/mol. The summed E-state index contributed by atoms with van der Waals surface area (Å²) in [5.41, 5.74) is 5.54. The fourth-order valence-electron chi connectivity index (χ4n) is 2.58. The number of nitrogens with one attached hydrogen (secondary N) is 1. The van der Waals surface area contributed by atoms with E-state index in [2.05, 4.69) is 5.32 Å². The second-order valence-electron chi connectivity index (χ2n) is 5.57. The van der Waals surface area contributed by atoms with Crippen LogP contribution in [0.4, 0.5) is 0 Å². The van der Waals surface area contributed by atoms with Gasteiger partial charge in [-0.05, 0) is 26.7 Å². The van der Waals surface area contributed by atoms with Crippen molar-refractivity contribution in [1.29, 1.82) is 0 Å². The summed E-state index contributed by atoms with van der Waals surface area (Å²) < 4.78 is 5.42. The Balaban J connectivity index is 2.40. The molecule has 1 rings (SSSR count). The van der Waals surface area contributed by atoms with Crippen LogP contribution in [0.5, 0.6) is 0 Å². The summed E-state index contributed by atoms with van der Waals surface area (Å²) in [6.07, 6.45) is 6.76. The van der Waals surface area contributed by atoms with Gasteiger partial charge in [-0.25, -0.2) is 0 Å². The summed E-state index contributed by atoms with van der Waals surface area (Å²) >= 11 is 0. The third-order valence-electron chi connectivity index (χ3n) is 3.77. The third kappa shape index (κ3) is 4.58. The molecule has 0 spiro atoms. The molecule has 4 nitrogen and oxygen atoms in total. The van der Waals surface area contributed by atoms with Gasteiger partial charge in [0, 0.05) is 13.1 Å². The van der Waals surface area contributed by atoms with E-state index in [1.807, 2.05) is 13.8 Å². The minimum Gasteiger partial charge on any atom is -0.377 e. The van der Waals surface area contributed by atoms with Crippen molar-refractivity contribution in [3.63, 3.8) is 0 Å². The summed E-state index contributed by atoms with van der Waals surface area (Å²) in [5.74, 6) is 0.124. The highest BCUT2D eigenvalue weighted by molar-refractivity contribution is 5.82. The van der Waals surface area contributed by atoms with Crippen LogP contribution in [-0.2, 0) is 9.53 Å². The molecule has 0 unspecified atom stereocenters. The summed E-state index contributed by atoms with van der Waals surface area (Å²) in [4.78, 5) is 12.3. The Morgan fingerprint density at radius 3 is 2.39 bits per heavy atom. The van der Waals surface area contributed by atoms with Crippen molar-refractivity contribution in [1.82, 2.24) is 5.32 Å². The second-order valence-corrected chi connectivity index (χ2v) is 5.57. The van der Waals surface area contributed by atoms with Gasteiger partial charge in [-0.15, -0.1) is 0 Å².